The lowest BCUT2D eigenvalue weighted by atomic mass is 10.1. The van der Waals surface area contributed by atoms with Crippen LogP contribution in [0.25, 0.3) is 5.65 Å². The minimum Gasteiger partial charge on any atom is -0.356 e. The molecule has 0 N–H and O–H groups in total. The van der Waals surface area contributed by atoms with Gasteiger partial charge >= 0.3 is 0 Å². The fourth-order valence-corrected chi connectivity index (χ4v) is 2.79. The van der Waals surface area contributed by atoms with Crippen LogP contribution in [0, 0.1) is 0 Å². The van der Waals surface area contributed by atoms with E-state index in [9.17, 15) is 0 Å². The normalized spacial score (nSPS) is 16.2. The Morgan fingerprint density at radius 2 is 1.74 bits per heavy atom. The van der Waals surface area contributed by atoms with Crippen LogP contribution < -0.4 is 4.90 Å². The summed E-state index contributed by atoms with van der Waals surface area (Å²) in [6.45, 7) is 6.47. The number of rotatable bonds is 3. The van der Waals surface area contributed by atoms with Crippen molar-refractivity contribution in [2.45, 2.75) is 46.0 Å². The molecule has 0 radical (unpaired) electrons. The van der Waals surface area contributed by atoms with Crippen LogP contribution in [0.4, 0.5) is 5.82 Å². The van der Waals surface area contributed by atoms with Crippen molar-refractivity contribution in [2.75, 3.05) is 18.0 Å². The van der Waals surface area contributed by atoms with Crippen LogP contribution in [0.15, 0.2) is 6.07 Å². The van der Waals surface area contributed by atoms with Crippen LogP contribution in [0.5, 0.6) is 0 Å². The predicted octanol–water partition coefficient (Wildman–Crippen LogP) is 2.24. The van der Waals surface area contributed by atoms with Crippen LogP contribution in [-0.4, -0.2) is 32.7 Å². The molecular weight excluding hydrogens is 238 g/mol. The second-order valence-corrected chi connectivity index (χ2v) is 5.10. The van der Waals surface area contributed by atoms with E-state index >= 15 is 0 Å². The zero-order chi connectivity index (χ0) is 13.2. The molecule has 2 aromatic heterocycles. The van der Waals surface area contributed by atoms with Crippen LogP contribution >= 0.6 is 0 Å². The summed E-state index contributed by atoms with van der Waals surface area (Å²) in [6.07, 6.45) is 5.66. The first-order chi connectivity index (χ1) is 9.33. The van der Waals surface area contributed by atoms with Gasteiger partial charge in [-0.25, -0.2) is 4.98 Å². The van der Waals surface area contributed by atoms with Crippen molar-refractivity contribution in [1.29, 1.82) is 0 Å². The van der Waals surface area contributed by atoms with Crippen molar-refractivity contribution >= 4 is 11.5 Å². The van der Waals surface area contributed by atoms with Gasteiger partial charge in [0.25, 0.3) is 0 Å². The highest BCUT2D eigenvalue weighted by Gasteiger charge is 2.16. The molecule has 1 fully saturated rings. The van der Waals surface area contributed by atoms with Crippen molar-refractivity contribution < 1.29 is 0 Å². The first kappa shape index (κ1) is 12.4. The van der Waals surface area contributed by atoms with Gasteiger partial charge in [0.15, 0.2) is 5.65 Å². The molecule has 0 aliphatic carbocycles. The van der Waals surface area contributed by atoms with Gasteiger partial charge in [-0.1, -0.05) is 13.8 Å². The molecule has 5 heteroatoms. The zero-order valence-electron chi connectivity index (χ0n) is 11.8. The van der Waals surface area contributed by atoms with Gasteiger partial charge in [0.2, 0.25) is 0 Å². The fourth-order valence-electron chi connectivity index (χ4n) is 2.79. The molecule has 102 valence electrons. The van der Waals surface area contributed by atoms with Crippen molar-refractivity contribution in [1.82, 2.24) is 19.6 Å². The summed E-state index contributed by atoms with van der Waals surface area (Å²) in [5.74, 6) is 3.14. The second-order valence-electron chi connectivity index (χ2n) is 5.10. The quantitative estimate of drug-likeness (QED) is 0.848. The molecule has 1 aliphatic rings. The topological polar surface area (TPSA) is 46.3 Å². The fraction of sp³-hybridized carbons (Fsp3) is 0.643. The van der Waals surface area contributed by atoms with Gasteiger partial charge in [-0.05, 0) is 19.3 Å². The van der Waals surface area contributed by atoms with Crippen LogP contribution in [-0.2, 0) is 12.8 Å². The maximum Gasteiger partial charge on any atom is 0.165 e. The molecule has 0 atom stereocenters. The molecule has 3 rings (SSSR count). The highest BCUT2D eigenvalue weighted by atomic mass is 15.3. The number of aryl methyl sites for hydroxylation is 2. The average Bonchev–Trinajstić information content (AvgIpc) is 2.90. The Kier molecular flexibility index (Phi) is 3.36. The van der Waals surface area contributed by atoms with E-state index in [1.165, 1.54) is 19.3 Å². The van der Waals surface area contributed by atoms with E-state index < -0.39 is 0 Å². The Hall–Kier alpha value is -1.65. The van der Waals surface area contributed by atoms with Crippen molar-refractivity contribution in [3.05, 3.63) is 17.7 Å². The Morgan fingerprint density at radius 1 is 1.00 bits per heavy atom. The minimum atomic E-state index is 0.888. The maximum absolute atomic E-state index is 4.83. The van der Waals surface area contributed by atoms with Gasteiger partial charge in [-0.3, -0.25) is 4.40 Å². The average molecular weight is 259 g/mol. The standard InChI is InChI=1S/C14H21N5/c1-3-11-15-13(18-8-6-5-7-9-18)10-14-17-16-12(4-2)19(11)14/h10H,3-9H2,1-2H3. The lowest BCUT2D eigenvalue weighted by Crippen LogP contribution is -2.30. The molecule has 0 spiro atoms. The molecule has 0 amide bonds. The number of piperidine rings is 1. The van der Waals surface area contributed by atoms with E-state index in [1.54, 1.807) is 0 Å². The molecule has 3 heterocycles. The Bertz CT molecular complexity index is 568. The second kappa shape index (κ2) is 5.15. The molecule has 1 aliphatic heterocycles. The minimum absolute atomic E-state index is 0.888. The molecule has 1 saturated heterocycles. The van der Waals surface area contributed by atoms with E-state index in [4.69, 9.17) is 4.98 Å². The number of anilines is 1. The first-order valence-corrected chi connectivity index (χ1v) is 7.32. The van der Waals surface area contributed by atoms with Gasteiger partial charge in [0, 0.05) is 32.0 Å². The van der Waals surface area contributed by atoms with E-state index in [-0.39, 0.29) is 0 Å². The van der Waals surface area contributed by atoms with E-state index in [1.807, 2.05) is 0 Å². The molecule has 0 saturated carbocycles. The van der Waals surface area contributed by atoms with Crippen molar-refractivity contribution in [3.63, 3.8) is 0 Å². The number of hydrogen-bond donors (Lipinski definition) is 0. The maximum atomic E-state index is 4.83. The van der Waals surface area contributed by atoms with E-state index in [0.717, 1.165) is 49.0 Å². The van der Waals surface area contributed by atoms with Gasteiger partial charge in [0.1, 0.15) is 17.5 Å². The first-order valence-electron chi connectivity index (χ1n) is 7.32. The smallest absolute Gasteiger partial charge is 0.165 e. The summed E-state index contributed by atoms with van der Waals surface area (Å²) in [5, 5.41) is 8.56. The van der Waals surface area contributed by atoms with Gasteiger partial charge < -0.3 is 4.90 Å². The van der Waals surface area contributed by atoms with Crippen LogP contribution in [0.3, 0.4) is 0 Å². The van der Waals surface area contributed by atoms with Crippen LogP contribution in [0.1, 0.15) is 44.8 Å². The molecule has 5 nitrogen and oxygen atoms in total. The third-order valence-electron chi connectivity index (χ3n) is 3.83. The number of aromatic nitrogens is 4. The lowest BCUT2D eigenvalue weighted by Gasteiger charge is -2.28. The summed E-state index contributed by atoms with van der Waals surface area (Å²) in [4.78, 5) is 7.21. The zero-order valence-corrected chi connectivity index (χ0v) is 11.8. The van der Waals surface area contributed by atoms with Gasteiger partial charge in [0.05, 0.1) is 0 Å². The third-order valence-corrected chi connectivity index (χ3v) is 3.83. The van der Waals surface area contributed by atoms with Gasteiger partial charge in [-0.15, -0.1) is 10.2 Å². The van der Waals surface area contributed by atoms with E-state index in [0.29, 0.717) is 0 Å². The summed E-state index contributed by atoms with van der Waals surface area (Å²) >= 11 is 0. The Balaban J connectivity index is 2.07. The lowest BCUT2D eigenvalue weighted by molar-refractivity contribution is 0.572. The summed E-state index contributed by atoms with van der Waals surface area (Å²) in [6, 6.07) is 2.08. The number of nitrogens with zero attached hydrogens (tertiary/aromatic N) is 5. The molecule has 0 aromatic carbocycles. The van der Waals surface area contributed by atoms with Crippen LogP contribution in [0.2, 0.25) is 0 Å². The van der Waals surface area contributed by atoms with Crippen molar-refractivity contribution in [2.24, 2.45) is 0 Å². The monoisotopic (exact) mass is 259 g/mol. The molecule has 0 bridgehead atoms. The molecule has 19 heavy (non-hydrogen) atoms. The highest BCUT2D eigenvalue weighted by molar-refractivity contribution is 5.52. The highest BCUT2D eigenvalue weighted by Crippen LogP contribution is 2.20. The molecule has 0 unspecified atom stereocenters. The molecular formula is C14H21N5. The number of hydrogen-bond acceptors (Lipinski definition) is 4. The van der Waals surface area contributed by atoms with Crippen molar-refractivity contribution in [3.8, 4) is 0 Å². The summed E-state index contributed by atoms with van der Waals surface area (Å²) in [5.41, 5.74) is 0.935. The number of fused-ring (bicyclic) bond motifs is 1. The SMILES string of the molecule is CCc1nnc2cc(N3CCCCC3)nc(CC)n12. The Morgan fingerprint density at radius 3 is 2.42 bits per heavy atom. The largest absolute Gasteiger partial charge is 0.356 e. The molecule has 2 aromatic rings. The van der Waals surface area contributed by atoms with E-state index in [2.05, 4.69) is 39.4 Å². The summed E-state index contributed by atoms with van der Waals surface area (Å²) < 4.78 is 2.10. The third kappa shape index (κ3) is 2.17. The van der Waals surface area contributed by atoms with Gasteiger partial charge in [-0.2, -0.15) is 0 Å². The Labute approximate surface area is 113 Å². The predicted molar refractivity (Wildman–Crippen MR) is 75.6 cm³/mol. The summed E-state index contributed by atoms with van der Waals surface area (Å²) in [7, 11) is 0.